The van der Waals surface area contributed by atoms with Crippen LogP contribution in [0.25, 0.3) is 0 Å². The Morgan fingerprint density at radius 2 is 2.19 bits per heavy atom. The molecule has 0 aliphatic carbocycles. The van der Waals surface area contributed by atoms with Crippen LogP contribution in [0.3, 0.4) is 0 Å². The van der Waals surface area contributed by atoms with Gasteiger partial charge in [-0.25, -0.2) is 4.99 Å². The van der Waals surface area contributed by atoms with Gasteiger partial charge < -0.3 is 10.6 Å². The number of nitrogens with two attached hydrogens (primary N) is 1. The Morgan fingerprint density at radius 1 is 1.44 bits per heavy atom. The van der Waals surface area contributed by atoms with Crippen LogP contribution in [0.1, 0.15) is 6.92 Å². The molecular formula is C12H17N3S. The van der Waals surface area contributed by atoms with E-state index in [0.29, 0.717) is 11.2 Å². The van der Waals surface area contributed by atoms with Crippen molar-refractivity contribution < 1.29 is 0 Å². The van der Waals surface area contributed by atoms with Gasteiger partial charge in [0.05, 0.1) is 5.69 Å². The number of nitrogens with zero attached hydrogens (tertiary/aromatic N) is 2. The molecule has 1 aliphatic heterocycles. The third-order valence-electron chi connectivity index (χ3n) is 2.56. The van der Waals surface area contributed by atoms with Crippen LogP contribution in [-0.2, 0) is 0 Å². The van der Waals surface area contributed by atoms with Gasteiger partial charge in [0, 0.05) is 24.1 Å². The fourth-order valence-electron chi connectivity index (χ4n) is 1.73. The molecule has 0 amide bonds. The monoisotopic (exact) mass is 235 g/mol. The summed E-state index contributed by atoms with van der Waals surface area (Å²) >= 11 is 1.99. The van der Waals surface area contributed by atoms with Gasteiger partial charge in [0.1, 0.15) is 0 Å². The highest BCUT2D eigenvalue weighted by Crippen LogP contribution is 2.18. The van der Waals surface area contributed by atoms with Crippen LogP contribution in [0, 0.1) is 0 Å². The van der Waals surface area contributed by atoms with E-state index in [-0.39, 0.29) is 0 Å². The van der Waals surface area contributed by atoms with Crippen molar-refractivity contribution in [1.29, 1.82) is 0 Å². The highest BCUT2D eigenvalue weighted by Gasteiger charge is 2.17. The maximum Gasteiger partial charge on any atom is 0.196 e. The van der Waals surface area contributed by atoms with Crippen molar-refractivity contribution in [2.75, 3.05) is 18.8 Å². The summed E-state index contributed by atoms with van der Waals surface area (Å²) in [5.74, 6) is 1.77. The maximum atomic E-state index is 6.01. The SMILES string of the molecule is CC1CN(C(N)=Nc2ccccc2)CCS1. The summed E-state index contributed by atoms with van der Waals surface area (Å²) < 4.78 is 0. The predicted octanol–water partition coefficient (Wildman–Crippen LogP) is 2.07. The highest BCUT2D eigenvalue weighted by atomic mass is 32.2. The summed E-state index contributed by atoms with van der Waals surface area (Å²) in [7, 11) is 0. The number of hydrogen-bond acceptors (Lipinski definition) is 2. The molecule has 1 heterocycles. The first-order chi connectivity index (χ1) is 7.75. The molecule has 1 unspecified atom stereocenters. The minimum Gasteiger partial charge on any atom is -0.369 e. The van der Waals surface area contributed by atoms with Gasteiger partial charge in [0.15, 0.2) is 5.96 Å². The zero-order valence-corrected chi connectivity index (χ0v) is 10.3. The molecule has 1 aromatic rings. The predicted molar refractivity (Wildman–Crippen MR) is 71.2 cm³/mol. The van der Waals surface area contributed by atoms with Crippen molar-refractivity contribution in [2.45, 2.75) is 12.2 Å². The van der Waals surface area contributed by atoms with Crippen molar-refractivity contribution in [1.82, 2.24) is 4.90 Å². The standard InChI is InChI=1S/C12H17N3S/c1-10-9-15(7-8-16-10)12(13)14-11-5-3-2-4-6-11/h2-6,10H,7-9H2,1H3,(H2,13,14). The molecule has 16 heavy (non-hydrogen) atoms. The van der Waals surface area contributed by atoms with Crippen molar-refractivity contribution >= 4 is 23.4 Å². The molecule has 1 atom stereocenters. The zero-order chi connectivity index (χ0) is 11.4. The summed E-state index contributed by atoms with van der Waals surface area (Å²) in [6, 6.07) is 9.86. The minimum absolute atomic E-state index is 0.637. The Bertz CT molecular complexity index is 364. The van der Waals surface area contributed by atoms with Crippen LogP contribution < -0.4 is 5.73 Å². The molecule has 0 bridgehead atoms. The largest absolute Gasteiger partial charge is 0.369 e. The van der Waals surface area contributed by atoms with E-state index in [1.54, 1.807) is 0 Å². The first-order valence-corrected chi connectivity index (χ1v) is 6.56. The Labute approximate surface area is 101 Å². The normalized spacial score (nSPS) is 22.2. The van der Waals surface area contributed by atoms with Crippen LogP contribution in [0.4, 0.5) is 5.69 Å². The molecule has 1 fully saturated rings. The van der Waals surface area contributed by atoms with Gasteiger partial charge in [-0.2, -0.15) is 11.8 Å². The molecule has 86 valence electrons. The second kappa shape index (κ2) is 5.25. The summed E-state index contributed by atoms with van der Waals surface area (Å²) in [4.78, 5) is 6.59. The molecular weight excluding hydrogens is 218 g/mol. The van der Waals surface area contributed by atoms with Gasteiger partial charge in [-0.3, -0.25) is 0 Å². The molecule has 2 rings (SSSR count). The second-order valence-electron chi connectivity index (χ2n) is 3.93. The van der Waals surface area contributed by atoms with Gasteiger partial charge in [-0.15, -0.1) is 0 Å². The zero-order valence-electron chi connectivity index (χ0n) is 9.47. The lowest BCUT2D eigenvalue weighted by Crippen LogP contribution is -2.44. The third kappa shape index (κ3) is 2.92. The summed E-state index contributed by atoms with van der Waals surface area (Å²) in [5.41, 5.74) is 6.93. The first-order valence-electron chi connectivity index (χ1n) is 5.51. The number of hydrogen-bond donors (Lipinski definition) is 1. The summed E-state index contributed by atoms with van der Waals surface area (Å²) in [6.07, 6.45) is 0. The van der Waals surface area contributed by atoms with E-state index in [1.165, 1.54) is 0 Å². The molecule has 0 aromatic heterocycles. The number of guanidine groups is 1. The van der Waals surface area contributed by atoms with Crippen LogP contribution in [-0.4, -0.2) is 35.0 Å². The third-order valence-corrected chi connectivity index (χ3v) is 3.70. The Balaban J connectivity index is 2.06. The number of para-hydroxylation sites is 1. The van der Waals surface area contributed by atoms with Crippen molar-refractivity contribution in [3.8, 4) is 0 Å². The summed E-state index contributed by atoms with van der Waals surface area (Å²) in [5, 5.41) is 0.637. The van der Waals surface area contributed by atoms with Crippen LogP contribution >= 0.6 is 11.8 Å². The first kappa shape index (κ1) is 11.3. The minimum atomic E-state index is 0.637. The fourth-order valence-corrected chi connectivity index (χ4v) is 2.75. The molecule has 1 aromatic carbocycles. The van der Waals surface area contributed by atoms with Gasteiger partial charge in [-0.05, 0) is 12.1 Å². The Hall–Kier alpha value is -1.16. The lowest BCUT2D eigenvalue weighted by atomic mass is 10.3. The molecule has 2 N–H and O–H groups in total. The number of rotatable bonds is 1. The second-order valence-corrected chi connectivity index (χ2v) is 5.48. The highest BCUT2D eigenvalue weighted by molar-refractivity contribution is 7.99. The molecule has 4 heteroatoms. The molecule has 0 radical (unpaired) electrons. The van der Waals surface area contributed by atoms with Crippen molar-refractivity contribution in [2.24, 2.45) is 10.7 Å². The van der Waals surface area contributed by atoms with E-state index in [1.807, 2.05) is 42.1 Å². The van der Waals surface area contributed by atoms with Crippen LogP contribution in [0.15, 0.2) is 35.3 Å². The topological polar surface area (TPSA) is 41.6 Å². The molecule has 0 saturated carbocycles. The fraction of sp³-hybridized carbons (Fsp3) is 0.417. The van der Waals surface area contributed by atoms with Gasteiger partial charge in [0.2, 0.25) is 0 Å². The quantitative estimate of drug-likeness (QED) is 0.598. The Kier molecular flexibility index (Phi) is 3.72. The van der Waals surface area contributed by atoms with Crippen molar-refractivity contribution in [3.63, 3.8) is 0 Å². The van der Waals surface area contributed by atoms with E-state index in [9.17, 15) is 0 Å². The molecule has 3 nitrogen and oxygen atoms in total. The van der Waals surface area contributed by atoms with Crippen LogP contribution in [0.2, 0.25) is 0 Å². The number of aliphatic imine (C=N–C) groups is 1. The Morgan fingerprint density at radius 3 is 2.88 bits per heavy atom. The van der Waals surface area contributed by atoms with E-state index < -0.39 is 0 Å². The molecule has 1 aliphatic rings. The van der Waals surface area contributed by atoms with Gasteiger partial charge in [0.25, 0.3) is 0 Å². The smallest absolute Gasteiger partial charge is 0.196 e. The maximum absolute atomic E-state index is 6.01. The summed E-state index contributed by atoms with van der Waals surface area (Å²) in [6.45, 7) is 4.22. The molecule has 0 spiro atoms. The van der Waals surface area contributed by atoms with E-state index in [0.717, 1.165) is 24.5 Å². The lowest BCUT2D eigenvalue weighted by Gasteiger charge is -2.31. The molecule has 1 saturated heterocycles. The van der Waals surface area contributed by atoms with Crippen molar-refractivity contribution in [3.05, 3.63) is 30.3 Å². The average molecular weight is 235 g/mol. The number of benzene rings is 1. The average Bonchev–Trinajstić information content (AvgIpc) is 2.30. The van der Waals surface area contributed by atoms with Gasteiger partial charge in [-0.1, -0.05) is 25.1 Å². The number of thioether (sulfide) groups is 1. The van der Waals surface area contributed by atoms with E-state index in [4.69, 9.17) is 5.73 Å². The van der Waals surface area contributed by atoms with E-state index >= 15 is 0 Å². The van der Waals surface area contributed by atoms with Crippen LogP contribution in [0.5, 0.6) is 0 Å². The lowest BCUT2D eigenvalue weighted by molar-refractivity contribution is 0.431. The van der Waals surface area contributed by atoms with Gasteiger partial charge >= 0.3 is 0 Å². The van der Waals surface area contributed by atoms with E-state index in [2.05, 4.69) is 16.8 Å².